The fraction of sp³-hybridized carbons (Fsp3) is 0.160. The highest BCUT2D eigenvalue weighted by molar-refractivity contribution is 6.33. The second-order valence-corrected chi connectivity index (χ2v) is 8.00. The van der Waals surface area contributed by atoms with Gasteiger partial charge in [0.05, 0.1) is 16.8 Å². The third-order valence-electron chi connectivity index (χ3n) is 5.66. The van der Waals surface area contributed by atoms with E-state index in [0.29, 0.717) is 35.3 Å². The lowest BCUT2D eigenvalue weighted by Gasteiger charge is -2.08. The molecule has 6 nitrogen and oxygen atoms in total. The van der Waals surface area contributed by atoms with E-state index >= 15 is 0 Å². The van der Waals surface area contributed by atoms with Crippen LogP contribution in [0.1, 0.15) is 32.0 Å². The molecule has 2 aromatic carbocycles. The second kappa shape index (κ2) is 9.28. The quantitative estimate of drug-likeness (QED) is 0.401. The number of aromatic amines is 1. The fourth-order valence-corrected chi connectivity index (χ4v) is 3.96. The molecule has 0 radical (unpaired) electrons. The Morgan fingerprint density at radius 1 is 1.09 bits per heavy atom. The number of nitrogens with one attached hydrogen (secondary N) is 3. The summed E-state index contributed by atoms with van der Waals surface area (Å²) < 4.78 is 14.2. The van der Waals surface area contributed by atoms with Gasteiger partial charge in [-0.25, -0.2) is 4.39 Å². The molecule has 2 aromatic heterocycles. The van der Waals surface area contributed by atoms with E-state index < -0.39 is 0 Å². The van der Waals surface area contributed by atoms with Gasteiger partial charge < -0.3 is 15.6 Å². The Kier molecular flexibility index (Phi) is 6.26. The van der Waals surface area contributed by atoms with Crippen molar-refractivity contribution in [3.05, 3.63) is 82.9 Å². The zero-order valence-electron chi connectivity index (χ0n) is 18.8. The maximum Gasteiger partial charge on any atom is 0.252 e. The first-order valence-electron chi connectivity index (χ1n) is 10.7. The number of fused-ring (bicyclic) bond motifs is 1. The molecule has 3 N–H and O–H groups in total. The Morgan fingerprint density at radius 2 is 1.91 bits per heavy atom. The van der Waals surface area contributed by atoms with Crippen LogP contribution in [0.15, 0.2) is 54.7 Å². The van der Waals surface area contributed by atoms with E-state index in [2.05, 4.69) is 20.6 Å². The smallest absolute Gasteiger partial charge is 0.252 e. The van der Waals surface area contributed by atoms with Crippen LogP contribution in [0.25, 0.3) is 22.2 Å². The predicted octanol–water partition coefficient (Wildman–Crippen LogP) is 2.27. The molecule has 2 amide bonds. The molecular weight excluding hydrogens is 418 g/mol. The number of pyridine rings is 1. The molecule has 0 unspecified atom stereocenters. The number of carbonyl (C=O) groups excluding carboxylic acids is 2. The molecule has 0 aliphatic heterocycles. The van der Waals surface area contributed by atoms with Gasteiger partial charge in [0, 0.05) is 42.0 Å². The largest absolute Gasteiger partial charge is 0.356 e. The average Bonchev–Trinajstić information content (AvgIpc) is 3.14. The van der Waals surface area contributed by atoms with Crippen LogP contribution in [0.2, 0.25) is 0 Å². The third kappa shape index (κ3) is 4.65. The number of nitrogens with zero attached hydrogens (tertiary/aromatic N) is 1. The Bertz CT molecular complexity index is 1350. The van der Waals surface area contributed by atoms with Gasteiger partial charge in [0.2, 0.25) is 0 Å². The van der Waals surface area contributed by atoms with Crippen LogP contribution < -0.4 is 16.1 Å². The first kappa shape index (κ1) is 22.3. The maximum atomic E-state index is 14.2. The lowest BCUT2D eigenvalue weighted by Crippen LogP contribution is -2.26. The standard InChI is InChI=1S/C25H24BFN4O2/c1-14-19(20-11-18(26)12-21(27)23(20)31-14)8-9-29-25(33)17-6-7-22(30-13-17)15-4-3-5-16(10-15)24(32)28-2/h3-7,10-13,31H,8-9,26H2,1-2H3,(H,28,32)(H,29,33). The number of aromatic nitrogens is 2. The number of carbonyl (C=O) groups is 2. The van der Waals surface area contributed by atoms with Crippen molar-refractivity contribution in [2.75, 3.05) is 13.6 Å². The van der Waals surface area contributed by atoms with E-state index in [1.54, 1.807) is 37.4 Å². The molecule has 0 saturated carbocycles. The highest BCUT2D eigenvalue weighted by Gasteiger charge is 2.13. The van der Waals surface area contributed by atoms with Crippen molar-refractivity contribution in [1.29, 1.82) is 0 Å². The lowest BCUT2D eigenvalue weighted by molar-refractivity contribution is 0.0949. The molecule has 33 heavy (non-hydrogen) atoms. The Hall–Kier alpha value is -3.94. The average molecular weight is 442 g/mol. The summed E-state index contributed by atoms with van der Waals surface area (Å²) in [4.78, 5) is 31.9. The SMILES string of the molecule is Bc1cc(F)c2[nH]c(C)c(CCNC(=O)c3ccc(-c4cccc(C(=O)NC)c4)nc3)c2c1. The normalized spacial score (nSPS) is 10.9. The molecular formula is C25H24BFN4O2. The van der Waals surface area contributed by atoms with Gasteiger partial charge in [-0.15, -0.1) is 0 Å². The summed E-state index contributed by atoms with van der Waals surface area (Å²) in [5, 5.41) is 6.36. The summed E-state index contributed by atoms with van der Waals surface area (Å²) in [6, 6.07) is 14.1. The van der Waals surface area contributed by atoms with Crippen LogP contribution >= 0.6 is 0 Å². The van der Waals surface area contributed by atoms with Crippen molar-refractivity contribution in [1.82, 2.24) is 20.6 Å². The number of benzene rings is 2. The van der Waals surface area contributed by atoms with Gasteiger partial charge in [-0.1, -0.05) is 23.7 Å². The van der Waals surface area contributed by atoms with Crippen LogP contribution in [-0.2, 0) is 6.42 Å². The molecule has 0 saturated heterocycles. The van der Waals surface area contributed by atoms with Crippen LogP contribution in [-0.4, -0.2) is 43.2 Å². The van der Waals surface area contributed by atoms with Crippen molar-refractivity contribution in [3.8, 4) is 11.3 Å². The van der Waals surface area contributed by atoms with Gasteiger partial charge in [-0.05, 0) is 49.2 Å². The molecule has 0 fully saturated rings. The molecule has 0 atom stereocenters. The van der Waals surface area contributed by atoms with Gasteiger partial charge in [-0.3, -0.25) is 14.6 Å². The monoisotopic (exact) mass is 442 g/mol. The molecule has 166 valence electrons. The second-order valence-electron chi connectivity index (χ2n) is 8.00. The Labute approximate surface area is 192 Å². The third-order valence-corrected chi connectivity index (χ3v) is 5.66. The number of hydrogen-bond acceptors (Lipinski definition) is 3. The van der Waals surface area contributed by atoms with Gasteiger partial charge in [0.1, 0.15) is 13.7 Å². The molecule has 0 bridgehead atoms. The van der Waals surface area contributed by atoms with Crippen LogP contribution in [0.4, 0.5) is 4.39 Å². The first-order valence-corrected chi connectivity index (χ1v) is 10.7. The van der Waals surface area contributed by atoms with Gasteiger partial charge in [0.15, 0.2) is 0 Å². The number of rotatable bonds is 6. The van der Waals surface area contributed by atoms with Crippen molar-refractivity contribution in [2.45, 2.75) is 13.3 Å². The van der Waals surface area contributed by atoms with E-state index in [0.717, 1.165) is 27.7 Å². The van der Waals surface area contributed by atoms with Crippen molar-refractivity contribution in [2.24, 2.45) is 0 Å². The van der Waals surface area contributed by atoms with Gasteiger partial charge in [0.25, 0.3) is 11.8 Å². The number of hydrogen-bond donors (Lipinski definition) is 3. The van der Waals surface area contributed by atoms with E-state index in [1.165, 1.54) is 12.3 Å². The molecule has 4 aromatic rings. The molecule has 0 spiro atoms. The molecule has 8 heteroatoms. The minimum atomic E-state index is -0.268. The Balaban J connectivity index is 1.43. The molecule has 0 aliphatic carbocycles. The molecule has 2 heterocycles. The van der Waals surface area contributed by atoms with Crippen LogP contribution in [0, 0.1) is 12.7 Å². The zero-order chi connectivity index (χ0) is 23.5. The number of amides is 2. The van der Waals surface area contributed by atoms with Crippen LogP contribution in [0.3, 0.4) is 0 Å². The molecule has 4 rings (SSSR count). The molecule has 0 aliphatic rings. The predicted molar refractivity (Wildman–Crippen MR) is 130 cm³/mol. The first-order chi connectivity index (χ1) is 15.9. The highest BCUT2D eigenvalue weighted by Crippen LogP contribution is 2.24. The van der Waals surface area contributed by atoms with Crippen molar-refractivity contribution < 1.29 is 14.0 Å². The summed E-state index contributed by atoms with van der Waals surface area (Å²) >= 11 is 0. The van der Waals surface area contributed by atoms with Crippen molar-refractivity contribution >= 4 is 36.0 Å². The summed E-state index contributed by atoms with van der Waals surface area (Å²) in [6.07, 6.45) is 2.10. The van der Waals surface area contributed by atoms with Gasteiger partial charge >= 0.3 is 0 Å². The maximum absolute atomic E-state index is 14.2. The Morgan fingerprint density at radius 3 is 2.64 bits per heavy atom. The summed E-state index contributed by atoms with van der Waals surface area (Å²) in [7, 11) is 3.45. The number of aryl methyl sites for hydroxylation is 1. The zero-order valence-corrected chi connectivity index (χ0v) is 18.8. The van der Waals surface area contributed by atoms with E-state index in [-0.39, 0.29) is 17.6 Å². The van der Waals surface area contributed by atoms with E-state index in [1.807, 2.05) is 26.9 Å². The van der Waals surface area contributed by atoms with Gasteiger partial charge in [-0.2, -0.15) is 0 Å². The fourth-order valence-electron chi connectivity index (χ4n) is 3.96. The van der Waals surface area contributed by atoms with Crippen LogP contribution in [0.5, 0.6) is 0 Å². The topological polar surface area (TPSA) is 86.9 Å². The number of H-pyrrole nitrogens is 1. The van der Waals surface area contributed by atoms with Crippen molar-refractivity contribution in [3.63, 3.8) is 0 Å². The minimum Gasteiger partial charge on any atom is -0.356 e. The minimum absolute atomic E-state index is 0.170. The summed E-state index contributed by atoms with van der Waals surface area (Å²) in [5.41, 5.74) is 5.70. The number of halogens is 1. The summed E-state index contributed by atoms with van der Waals surface area (Å²) in [5.74, 6) is -0.667. The lowest BCUT2D eigenvalue weighted by atomic mass is 9.93. The van der Waals surface area contributed by atoms with E-state index in [9.17, 15) is 14.0 Å². The highest BCUT2D eigenvalue weighted by atomic mass is 19.1. The van der Waals surface area contributed by atoms with E-state index in [4.69, 9.17) is 0 Å². The summed E-state index contributed by atoms with van der Waals surface area (Å²) in [6.45, 7) is 2.33.